The van der Waals surface area contributed by atoms with Crippen molar-refractivity contribution in [3.63, 3.8) is 0 Å². The standard InChI is InChI=1S/C22H31N5O3/c1-14-20(15-12-24-19(30-3)11-17(15)29-2)26-16(13-28)21(25-14)27-9-7-22(8-10-27)6-4-5-18(22)23/h11-12,18,28H,4-10,13,23H2,1-3H3/t18-/m1/s1. The summed E-state index contributed by atoms with van der Waals surface area (Å²) in [4.78, 5) is 16.1. The molecule has 2 aromatic rings. The molecule has 0 bridgehead atoms. The molecule has 4 rings (SSSR count). The predicted octanol–water partition coefficient (Wildman–Crippen LogP) is 2.45. The van der Waals surface area contributed by atoms with E-state index in [1.165, 1.54) is 12.8 Å². The molecule has 8 nitrogen and oxygen atoms in total. The molecule has 1 aliphatic heterocycles. The van der Waals surface area contributed by atoms with Crippen molar-refractivity contribution in [3.05, 3.63) is 23.7 Å². The Morgan fingerprint density at radius 1 is 1.20 bits per heavy atom. The Hall–Kier alpha value is -2.45. The summed E-state index contributed by atoms with van der Waals surface area (Å²) < 4.78 is 10.7. The van der Waals surface area contributed by atoms with Gasteiger partial charge in [0.15, 0.2) is 5.82 Å². The first-order valence-corrected chi connectivity index (χ1v) is 10.6. The average molecular weight is 414 g/mol. The maximum Gasteiger partial charge on any atom is 0.216 e. The molecule has 1 saturated heterocycles. The number of nitrogens with two attached hydrogens (primary N) is 1. The first kappa shape index (κ1) is 20.8. The number of anilines is 1. The highest BCUT2D eigenvalue weighted by molar-refractivity contribution is 5.70. The molecule has 2 aromatic heterocycles. The van der Waals surface area contributed by atoms with Gasteiger partial charge in [-0.3, -0.25) is 0 Å². The summed E-state index contributed by atoms with van der Waals surface area (Å²) in [6.07, 6.45) is 7.39. The molecule has 1 spiro atoms. The lowest BCUT2D eigenvalue weighted by Gasteiger charge is -2.42. The zero-order valence-corrected chi connectivity index (χ0v) is 18.0. The normalized spacial score (nSPS) is 20.6. The Morgan fingerprint density at radius 3 is 2.57 bits per heavy atom. The van der Waals surface area contributed by atoms with Gasteiger partial charge in [-0.2, -0.15) is 0 Å². The van der Waals surface area contributed by atoms with E-state index in [-0.39, 0.29) is 12.0 Å². The van der Waals surface area contributed by atoms with Gasteiger partial charge in [0.05, 0.1) is 37.8 Å². The van der Waals surface area contributed by atoms with Crippen LogP contribution in [0.4, 0.5) is 5.82 Å². The molecular weight excluding hydrogens is 382 g/mol. The van der Waals surface area contributed by atoms with Gasteiger partial charge in [0.2, 0.25) is 5.88 Å². The number of hydrogen-bond acceptors (Lipinski definition) is 8. The molecule has 0 amide bonds. The summed E-state index contributed by atoms with van der Waals surface area (Å²) in [5.74, 6) is 1.83. The minimum Gasteiger partial charge on any atom is -0.496 e. The molecule has 3 heterocycles. The van der Waals surface area contributed by atoms with Crippen LogP contribution in [0.5, 0.6) is 11.6 Å². The largest absolute Gasteiger partial charge is 0.496 e. The monoisotopic (exact) mass is 413 g/mol. The maximum absolute atomic E-state index is 10.1. The fraction of sp³-hybridized carbons (Fsp3) is 0.591. The van der Waals surface area contributed by atoms with Crippen LogP contribution >= 0.6 is 0 Å². The summed E-state index contributed by atoms with van der Waals surface area (Å²) in [6, 6.07) is 2.03. The lowest BCUT2D eigenvalue weighted by Crippen LogP contribution is -2.47. The highest BCUT2D eigenvalue weighted by atomic mass is 16.5. The van der Waals surface area contributed by atoms with Gasteiger partial charge in [0.25, 0.3) is 0 Å². The maximum atomic E-state index is 10.1. The number of rotatable bonds is 5. The van der Waals surface area contributed by atoms with Crippen molar-refractivity contribution in [3.8, 4) is 22.9 Å². The third-order valence-corrected chi connectivity index (χ3v) is 6.83. The third kappa shape index (κ3) is 3.58. The second-order valence-electron chi connectivity index (χ2n) is 8.36. The number of aromatic nitrogens is 3. The van der Waals surface area contributed by atoms with Crippen LogP contribution in [0.1, 0.15) is 43.5 Å². The lowest BCUT2D eigenvalue weighted by atomic mass is 9.74. The van der Waals surface area contributed by atoms with Crippen LogP contribution in [0.2, 0.25) is 0 Å². The van der Waals surface area contributed by atoms with Gasteiger partial charge in [-0.05, 0) is 38.0 Å². The summed E-state index contributed by atoms with van der Waals surface area (Å²) in [5.41, 5.74) is 9.42. The molecule has 0 unspecified atom stereocenters. The molecule has 2 fully saturated rings. The number of ether oxygens (including phenoxy) is 2. The van der Waals surface area contributed by atoms with Gasteiger partial charge < -0.3 is 25.2 Å². The Balaban J connectivity index is 1.64. The molecule has 30 heavy (non-hydrogen) atoms. The number of nitrogens with zero attached hydrogens (tertiary/aromatic N) is 4. The van der Waals surface area contributed by atoms with Crippen molar-refractivity contribution >= 4 is 5.82 Å². The van der Waals surface area contributed by atoms with E-state index in [2.05, 4.69) is 9.88 Å². The Labute approximate surface area is 177 Å². The smallest absolute Gasteiger partial charge is 0.216 e. The van der Waals surface area contributed by atoms with Crippen molar-refractivity contribution in [2.24, 2.45) is 11.1 Å². The first-order chi connectivity index (χ1) is 14.5. The van der Waals surface area contributed by atoms with E-state index in [1.54, 1.807) is 26.5 Å². The quantitative estimate of drug-likeness (QED) is 0.770. The summed E-state index contributed by atoms with van der Waals surface area (Å²) in [6.45, 7) is 3.53. The van der Waals surface area contributed by atoms with Crippen LogP contribution < -0.4 is 20.1 Å². The minimum atomic E-state index is -0.178. The number of hydrogen-bond donors (Lipinski definition) is 2. The van der Waals surface area contributed by atoms with Gasteiger partial charge >= 0.3 is 0 Å². The zero-order chi connectivity index (χ0) is 21.3. The zero-order valence-electron chi connectivity index (χ0n) is 18.0. The molecule has 2 aliphatic rings. The molecule has 1 saturated carbocycles. The number of aryl methyl sites for hydroxylation is 1. The number of aliphatic hydroxyl groups is 1. The van der Waals surface area contributed by atoms with E-state index >= 15 is 0 Å². The summed E-state index contributed by atoms with van der Waals surface area (Å²) >= 11 is 0. The van der Waals surface area contributed by atoms with Gasteiger partial charge in [-0.15, -0.1) is 0 Å². The van der Waals surface area contributed by atoms with Crippen molar-refractivity contribution in [2.45, 2.75) is 51.7 Å². The van der Waals surface area contributed by atoms with Crippen LogP contribution in [0.3, 0.4) is 0 Å². The van der Waals surface area contributed by atoms with E-state index in [9.17, 15) is 5.11 Å². The van der Waals surface area contributed by atoms with Crippen LogP contribution in [0, 0.1) is 12.3 Å². The fourth-order valence-corrected chi connectivity index (χ4v) is 4.98. The second kappa shape index (κ2) is 8.35. The summed E-state index contributed by atoms with van der Waals surface area (Å²) in [5, 5.41) is 10.1. The Kier molecular flexibility index (Phi) is 5.79. The number of pyridine rings is 1. The highest BCUT2D eigenvalue weighted by Crippen LogP contribution is 2.46. The highest BCUT2D eigenvalue weighted by Gasteiger charge is 2.43. The number of methoxy groups -OCH3 is 2. The molecular formula is C22H31N5O3. The Morgan fingerprint density at radius 2 is 1.97 bits per heavy atom. The predicted molar refractivity (Wildman–Crippen MR) is 115 cm³/mol. The minimum absolute atomic E-state index is 0.178. The lowest BCUT2D eigenvalue weighted by molar-refractivity contribution is 0.196. The topological polar surface area (TPSA) is 107 Å². The molecule has 1 atom stereocenters. The SMILES string of the molecule is COc1cc(OC)c(-c2nc(CO)c(N3CCC4(CCC[C@H]4N)CC3)nc2C)cn1. The van der Waals surface area contributed by atoms with Gasteiger partial charge in [0.1, 0.15) is 11.4 Å². The van der Waals surface area contributed by atoms with Crippen molar-refractivity contribution < 1.29 is 14.6 Å². The fourth-order valence-electron chi connectivity index (χ4n) is 4.98. The van der Waals surface area contributed by atoms with E-state index in [0.717, 1.165) is 49.4 Å². The van der Waals surface area contributed by atoms with Crippen LogP contribution in [-0.4, -0.2) is 53.4 Å². The van der Waals surface area contributed by atoms with E-state index in [1.807, 2.05) is 6.92 Å². The second-order valence-corrected chi connectivity index (χ2v) is 8.36. The average Bonchev–Trinajstić information content (AvgIpc) is 3.13. The van der Waals surface area contributed by atoms with Gasteiger partial charge in [-0.1, -0.05) is 6.42 Å². The van der Waals surface area contributed by atoms with Gasteiger partial charge in [0, 0.05) is 31.4 Å². The third-order valence-electron chi connectivity index (χ3n) is 6.83. The van der Waals surface area contributed by atoms with Crippen LogP contribution in [0.15, 0.2) is 12.3 Å². The molecule has 1 aliphatic carbocycles. The molecule has 3 N–H and O–H groups in total. The number of aliphatic hydroxyl groups excluding tert-OH is 1. The molecule has 8 heteroatoms. The van der Waals surface area contributed by atoms with E-state index in [0.29, 0.717) is 29.1 Å². The van der Waals surface area contributed by atoms with Crippen molar-refractivity contribution in [2.75, 3.05) is 32.2 Å². The molecule has 0 aromatic carbocycles. The van der Waals surface area contributed by atoms with Crippen LogP contribution in [0.25, 0.3) is 11.3 Å². The summed E-state index contributed by atoms with van der Waals surface area (Å²) in [7, 11) is 3.16. The molecule has 0 radical (unpaired) electrons. The van der Waals surface area contributed by atoms with Crippen molar-refractivity contribution in [1.29, 1.82) is 0 Å². The number of piperidine rings is 1. The van der Waals surface area contributed by atoms with Gasteiger partial charge in [-0.25, -0.2) is 15.0 Å². The van der Waals surface area contributed by atoms with Crippen LogP contribution in [-0.2, 0) is 6.61 Å². The van der Waals surface area contributed by atoms with E-state index in [4.69, 9.17) is 25.2 Å². The van der Waals surface area contributed by atoms with E-state index < -0.39 is 0 Å². The molecule has 162 valence electrons. The first-order valence-electron chi connectivity index (χ1n) is 10.6. The Bertz CT molecular complexity index is 912. The van der Waals surface area contributed by atoms with Crippen molar-refractivity contribution in [1.82, 2.24) is 15.0 Å².